The quantitative estimate of drug-likeness (QED) is 0.479. The minimum Gasteiger partial charge on any atom is -0.423 e. The fourth-order valence-corrected chi connectivity index (χ4v) is 2.75. The molecule has 102 valence electrons. The molecular weight excluding hydrogens is 306 g/mol. The van der Waals surface area contributed by atoms with Crippen molar-refractivity contribution in [3.63, 3.8) is 0 Å². The van der Waals surface area contributed by atoms with E-state index in [0.29, 0.717) is 10.4 Å². The number of pyridine rings is 1. The summed E-state index contributed by atoms with van der Waals surface area (Å²) >= 11 is 3.28. The second-order valence-electron chi connectivity index (χ2n) is 5.78. The van der Waals surface area contributed by atoms with E-state index in [-0.39, 0.29) is 23.2 Å². The summed E-state index contributed by atoms with van der Waals surface area (Å²) in [6, 6.07) is 3.49. The molecular formula is C15H18BrNO2. The molecule has 0 N–H and O–H groups in total. The van der Waals surface area contributed by atoms with Crippen LogP contribution >= 0.6 is 15.9 Å². The summed E-state index contributed by atoms with van der Waals surface area (Å²) < 4.78 is 6.00. The molecule has 0 spiro atoms. The molecule has 0 radical (unpaired) electrons. The third-order valence-corrected chi connectivity index (χ3v) is 4.21. The maximum absolute atomic E-state index is 12.2. The van der Waals surface area contributed by atoms with E-state index in [1.807, 2.05) is 0 Å². The summed E-state index contributed by atoms with van der Waals surface area (Å²) in [7, 11) is 0. The first-order chi connectivity index (χ1) is 8.84. The van der Waals surface area contributed by atoms with Crippen LogP contribution in [0, 0.1) is 17.3 Å². The minimum absolute atomic E-state index is 0.0248. The number of aromatic nitrogens is 1. The molecule has 1 saturated carbocycles. The highest BCUT2D eigenvalue weighted by molar-refractivity contribution is 9.10. The molecule has 0 amide bonds. The lowest BCUT2D eigenvalue weighted by Gasteiger charge is -2.06. The predicted molar refractivity (Wildman–Crippen MR) is 77.8 cm³/mol. The molecule has 19 heavy (non-hydrogen) atoms. The van der Waals surface area contributed by atoms with Crippen molar-refractivity contribution < 1.29 is 9.53 Å². The van der Waals surface area contributed by atoms with Crippen LogP contribution in [0.25, 0.3) is 0 Å². The number of halogens is 1. The van der Waals surface area contributed by atoms with Crippen molar-refractivity contribution in [2.24, 2.45) is 17.3 Å². The number of carbonyl (C=O) groups is 1. The van der Waals surface area contributed by atoms with Crippen molar-refractivity contribution in [1.29, 1.82) is 0 Å². The molecule has 0 aliphatic heterocycles. The Bertz CT molecular complexity index is 533. The Morgan fingerprint density at radius 2 is 2.16 bits per heavy atom. The van der Waals surface area contributed by atoms with E-state index in [9.17, 15) is 4.79 Å². The van der Waals surface area contributed by atoms with E-state index < -0.39 is 0 Å². The summed E-state index contributed by atoms with van der Waals surface area (Å²) in [6.45, 7) is 8.30. The van der Waals surface area contributed by atoms with Crippen LogP contribution in [0.1, 0.15) is 27.7 Å². The van der Waals surface area contributed by atoms with Crippen molar-refractivity contribution in [3.8, 4) is 5.75 Å². The first-order valence-corrected chi connectivity index (χ1v) is 7.10. The number of rotatable bonds is 3. The van der Waals surface area contributed by atoms with Gasteiger partial charge in [0.25, 0.3) is 0 Å². The fourth-order valence-electron chi connectivity index (χ4n) is 2.42. The van der Waals surface area contributed by atoms with Gasteiger partial charge in [-0.1, -0.05) is 25.5 Å². The predicted octanol–water partition coefficient (Wildman–Crippen LogP) is 3.99. The molecule has 2 atom stereocenters. The highest BCUT2D eigenvalue weighted by Crippen LogP contribution is 2.59. The lowest BCUT2D eigenvalue weighted by Crippen LogP contribution is -2.14. The van der Waals surface area contributed by atoms with Gasteiger partial charge in [0.1, 0.15) is 4.60 Å². The third kappa shape index (κ3) is 2.89. The van der Waals surface area contributed by atoms with Crippen LogP contribution in [0.3, 0.4) is 0 Å². The van der Waals surface area contributed by atoms with Gasteiger partial charge in [0.15, 0.2) is 5.75 Å². The van der Waals surface area contributed by atoms with Crippen molar-refractivity contribution in [2.45, 2.75) is 27.7 Å². The van der Waals surface area contributed by atoms with Crippen LogP contribution in [-0.4, -0.2) is 11.0 Å². The summed E-state index contributed by atoms with van der Waals surface area (Å²) in [6.07, 6.45) is 3.80. The number of esters is 1. The molecule has 1 aromatic heterocycles. The molecule has 2 rings (SSSR count). The van der Waals surface area contributed by atoms with Gasteiger partial charge in [0.2, 0.25) is 0 Å². The van der Waals surface area contributed by atoms with Gasteiger partial charge in [-0.05, 0) is 53.2 Å². The topological polar surface area (TPSA) is 39.2 Å². The Morgan fingerprint density at radius 3 is 2.74 bits per heavy atom. The molecule has 1 aliphatic rings. The molecule has 1 aromatic rings. The second-order valence-corrected chi connectivity index (χ2v) is 6.53. The number of hydrogen-bond donors (Lipinski definition) is 0. The minimum atomic E-state index is -0.179. The first-order valence-electron chi connectivity index (χ1n) is 6.31. The number of nitrogens with zero attached hydrogens (tertiary/aromatic N) is 1. The molecule has 0 aromatic carbocycles. The second kappa shape index (κ2) is 5.08. The lowest BCUT2D eigenvalue weighted by molar-refractivity contribution is -0.136. The Hall–Kier alpha value is -1.16. The molecule has 4 heteroatoms. The van der Waals surface area contributed by atoms with Crippen molar-refractivity contribution in [1.82, 2.24) is 4.98 Å². The maximum atomic E-state index is 12.2. The zero-order chi connectivity index (χ0) is 14.2. The molecule has 0 bridgehead atoms. The third-order valence-electron chi connectivity index (χ3n) is 3.61. The van der Waals surface area contributed by atoms with E-state index in [4.69, 9.17) is 4.74 Å². The summed E-state index contributed by atoms with van der Waals surface area (Å²) in [5.74, 6) is 0.488. The molecule has 3 nitrogen and oxygen atoms in total. The smallest absolute Gasteiger partial charge is 0.315 e. The fraction of sp³-hybridized carbons (Fsp3) is 0.467. The molecule has 1 aliphatic carbocycles. The lowest BCUT2D eigenvalue weighted by atomic mass is 10.1. The number of ether oxygens (including phenoxy) is 1. The van der Waals surface area contributed by atoms with Gasteiger partial charge in [-0.25, -0.2) is 4.98 Å². The summed E-state index contributed by atoms with van der Waals surface area (Å²) in [5, 5.41) is 0. The Kier molecular flexibility index (Phi) is 3.81. The van der Waals surface area contributed by atoms with E-state index in [1.54, 1.807) is 18.3 Å². The van der Waals surface area contributed by atoms with Crippen LogP contribution in [0.2, 0.25) is 0 Å². The summed E-state index contributed by atoms with van der Waals surface area (Å²) in [4.78, 5) is 16.3. The molecule has 1 heterocycles. The SMILES string of the molecule is CC(C)=CC1C(C(=O)Oc2cccnc2Br)C1(C)C. The van der Waals surface area contributed by atoms with E-state index >= 15 is 0 Å². The zero-order valence-corrected chi connectivity index (χ0v) is 13.2. The first kappa shape index (κ1) is 14.3. The largest absolute Gasteiger partial charge is 0.423 e. The van der Waals surface area contributed by atoms with E-state index in [1.165, 1.54) is 5.57 Å². The average Bonchev–Trinajstić information content (AvgIpc) is 2.82. The van der Waals surface area contributed by atoms with Crippen LogP contribution in [0.5, 0.6) is 5.75 Å². The Balaban J connectivity index is 2.10. The van der Waals surface area contributed by atoms with Crippen molar-refractivity contribution >= 4 is 21.9 Å². The van der Waals surface area contributed by atoms with Crippen LogP contribution in [0.4, 0.5) is 0 Å². The van der Waals surface area contributed by atoms with Crippen molar-refractivity contribution in [2.75, 3.05) is 0 Å². The standard InChI is InChI=1S/C15H18BrNO2/c1-9(2)8-10-12(15(10,3)4)14(18)19-11-6-5-7-17-13(11)16/h5-8,10,12H,1-4H3. The average molecular weight is 324 g/mol. The highest BCUT2D eigenvalue weighted by atomic mass is 79.9. The van der Waals surface area contributed by atoms with Gasteiger partial charge in [-0.2, -0.15) is 0 Å². The van der Waals surface area contributed by atoms with Gasteiger partial charge in [-0.15, -0.1) is 0 Å². The summed E-state index contributed by atoms with van der Waals surface area (Å²) in [5.41, 5.74) is 1.21. The maximum Gasteiger partial charge on any atom is 0.315 e. The van der Waals surface area contributed by atoms with Gasteiger partial charge < -0.3 is 4.74 Å². The highest BCUT2D eigenvalue weighted by Gasteiger charge is 2.61. The Labute approximate surface area is 122 Å². The van der Waals surface area contributed by atoms with Crippen molar-refractivity contribution in [3.05, 3.63) is 34.6 Å². The molecule has 1 fully saturated rings. The van der Waals surface area contributed by atoms with Crippen LogP contribution in [0.15, 0.2) is 34.6 Å². The van der Waals surface area contributed by atoms with Gasteiger partial charge in [-0.3, -0.25) is 4.79 Å². The monoisotopic (exact) mass is 323 g/mol. The van der Waals surface area contributed by atoms with Gasteiger partial charge >= 0.3 is 5.97 Å². The Morgan fingerprint density at radius 1 is 1.47 bits per heavy atom. The molecule has 2 unspecified atom stereocenters. The van der Waals surface area contributed by atoms with Gasteiger partial charge in [0.05, 0.1) is 5.92 Å². The number of allylic oxidation sites excluding steroid dienone is 2. The van der Waals surface area contributed by atoms with Gasteiger partial charge in [0, 0.05) is 6.20 Å². The van der Waals surface area contributed by atoms with E-state index in [2.05, 4.69) is 54.7 Å². The zero-order valence-electron chi connectivity index (χ0n) is 11.6. The number of carbonyl (C=O) groups excluding carboxylic acids is 1. The van der Waals surface area contributed by atoms with Crippen LogP contribution in [-0.2, 0) is 4.79 Å². The van der Waals surface area contributed by atoms with Crippen LogP contribution < -0.4 is 4.74 Å². The normalized spacial score (nSPS) is 23.6. The number of hydrogen-bond acceptors (Lipinski definition) is 3. The molecule has 0 saturated heterocycles. The van der Waals surface area contributed by atoms with E-state index in [0.717, 1.165) is 0 Å².